The topological polar surface area (TPSA) is 89.2 Å². The van der Waals surface area contributed by atoms with Crippen LogP contribution in [0.4, 0.5) is 0 Å². The van der Waals surface area contributed by atoms with Gasteiger partial charge in [-0.25, -0.2) is 19.5 Å². The zero-order chi connectivity index (χ0) is 19.6. The first-order valence-corrected chi connectivity index (χ1v) is 9.59. The number of likely N-dealkylation sites (tertiary alicyclic amines) is 1. The van der Waals surface area contributed by atoms with E-state index in [1.807, 2.05) is 23.2 Å². The lowest BCUT2D eigenvalue weighted by Gasteiger charge is -2.32. The van der Waals surface area contributed by atoms with Crippen LogP contribution in [0.3, 0.4) is 0 Å². The average Bonchev–Trinajstić information content (AvgIpc) is 3.23. The number of hydrogen-bond acceptors (Lipinski definition) is 6. The number of piperidine rings is 1. The molecule has 0 aliphatic carbocycles. The molecule has 0 N–H and O–H groups in total. The van der Waals surface area contributed by atoms with Crippen molar-refractivity contribution in [1.29, 1.82) is 0 Å². The lowest BCUT2D eigenvalue weighted by Crippen LogP contribution is -2.38. The summed E-state index contributed by atoms with van der Waals surface area (Å²) in [5.74, 6) is 0.265. The van der Waals surface area contributed by atoms with E-state index in [-0.39, 0.29) is 11.8 Å². The molecule has 1 amide bonds. The second kappa shape index (κ2) is 7.38. The minimum absolute atomic E-state index is 0.0193. The first-order chi connectivity index (χ1) is 14.3. The highest BCUT2D eigenvalue weighted by molar-refractivity contribution is 5.99. The van der Waals surface area contributed by atoms with Gasteiger partial charge in [-0.15, -0.1) is 0 Å². The van der Waals surface area contributed by atoms with Crippen molar-refractivity contribution in [2.45, 2.75) is 18.8 Å². The van der Waals surface area contributed by atoms with Crippen LogP contribution >= 0.6 is 0 Å². The van der Waals surface area contributed by atoms with Crippen LogP contribution in [0.5, 0.6) is 0 Å². The number of fused-ring (bicyclic) bond motifs is 1. The molecule has 4 aromatic heterocycles. The van der Waals surface area contributed by atoms with Crippen LogP contribution < -0.4 is 0 Å². The summed E-state index contributed by atoms with van der Waals surface area (Å²) in [6.07, 6.45) is 13.8. The lowest BCUT2D eigenvalue weighted by atomic mass is 9.89. The van der Waals surface area contributed by atoms with Crippen LogP contribution in [0, 0.1) is 0 Å². The van der Waals surface area contributed by atoms with Gasteiger partial charge in [0.1, 0.15) is 11.9 Å². The molecule has 0 aromatic carbocycles. The van der Waals surface area contributed by atoms with Gasteiger partial charge in [-0.1, -0.05) is 0 Å². The highest BCUT2D eigenvalue weighted by atomic mass is 16.2. The number of hydrogen-bond donors (Lipinski definition) is 0. The van der Waals surface area contributed by atoms with Gasteiger partial charge in [0.15, 0.2) is 5.65 Å². The van der Waals surface area contributed by atoms with Crippen molar-refractivity contribution < 1.29 is 4.79 Å². The fourth-order valence-corrected chi connectivity index (χ4v) is 3.92. The Hall–Kier alpha value is -3.68. The Morgan fingerprint density at radius 2 is 1.83 bits per heavy atom. The summed E-state index contributed by atoms with van der Waals surface area (Å²) < 4.78 is 1.63. The van der Waals surface area contributed by atoms with Crippen molar-refractivity contribution in [2.75, 3.05) is 13.1 Å². The van der Waals surface area contributed by atoms with Gasteiger partial charge in [0.25, 0.3) is 5.91 Å². The molecule has 0 unspecified atom stereocenters. The third-order valence-electron chi connectivity index (χ3n) is 5.41. The molecule has 0 bridgehead atoms. The zero-order valence-corrected chi connectivity index (χ0v) is 15.7. The molecule has 144 valence electrons. The second-order valence-corrected chi connectivity index (χ2v) is 7.07. The van der Waals surface area contributed by atoms with E-state index in [9.17, 15) is 4.79 Å². The highest BCUT2D eigenvalue weighted by Gasteiger charge is 2.28. The average molecular weight is 385 g/mol. The summed E-state index contributed by atoms with van der Waals surface area (Å²) in [5, 5.41) is 4.23. The van der Waals surface area contributed by atoms with E-state index >= 15 is 0 Å². The highest BCUT2D eigenvalue weighted by Crippen LogP contribution is 2.33. The molecule has 1 aliphatic rings. The van der Waals surface area contributed by atoms with Gasteiger partial charge in [0.05, 0.1) is 11.9 Å². The maximum absolute atomic E-state index is 13.0. The second-order valence-electron chi connectivity index (χ2n) is 7.07. The molecule has 4 aromatic rings. The molecule has 29 heavy (non-hydrogen) atoms. The minimum atomic E-state index is -0.0193. The van der Waals surface area contributed by atoms with Gasteiger partial charge in [0.2, 0.25) is 0 Å². The van der Waals surface area contributed by atoms with E-state index in [1.54, 1.807) is 47.9 Å². The quantitative estimate of drug-likeness (QED) is 0.539. The van der Waals surface area contributed by atoms with Gasteiger partial charge < -0.3 is 4.90 Å². The molecule has 5 heterocycles. The number of carbonyl (C=O) groups excluding carboxylic acids is 1. The lowest BCUT2D eigenvalue weighted by molar-refractivity contribution is 0.0714. The molecule has 0 saturated carbocycles. The first kappa shape index (κ1) is 17.4. The number of amides is 1. The minimum Gasteiger partial charge on any atom is -0.338 e. The molecule has 5 rings (SSSR count). The fourth-order valence-electron chi connectivity index (χ4n) is 3.92. The standard InChI is InChI=1S/C21H19N7O/c29-21(18-13-26-28-9-1-6-24-20(18)28)27-10-4-16(5-11-27)19-17(12-23-14-25-19)15-2-7-22-8-3-15/h1-3,6-9,12-14,16H,4-5,10-11H2. The van der Waals surface area contributed by atoms with Gasteiger partial charge in [-0.3, -0.25) is 9.78 Å². The van der Waals surface area contributed by atoms with Crippen LogP contribution in [-0.2, 0) is 0 Å². The molecular weight excluding hydrogens is 366 g/mol. The van der Waals surface area contributed by atoms with Crippen molar-refractivity contribution >= 4 is 11.6 Å². The van der Waals surface area contributed by atoms with E-state index in [2.05, 4.69) is 25.0 Å². The molecule has 1 aliphatic heterocycles. The van der Waals surface area contributed by atoms with E-state index in [0.717, 1.165) is 29.7 Å². The summed E-state index contributed by atoms with van der Waals surface area (Å²) in [6.45, 7) is 1.35. The summed E-state index contributed by atoms with van der Waals surface area (Å²) in [5.41, 5.74) is 4.27. The number of carbonyl (C=O) groups is 1. The number of rotatable bonds is 3. The summed E-state index contributed by atoms with van der Waals surface area (Å²) >= 11 is 0. The molecule has 0 atom stereocenters. The number of nitrogens with zero attached hydrogens (tertiary/aromatic N) is 7. The van der Waals surface area contributed by atoms with E-state index in [4.69, 9.17) is 0 Å². The normalized spacial score (nSPS) is 15.0. The maximum atomic E-state index is 13.0. The smallest absolute Gasteiger partial charge is 0.259 e. The van der Waals surface area contributed by atoms with Crippen molar-refractivity contribution in [3.05, 3.63) is 73.0 Å². The maximum Gasteiger partial charge on any atom is 0.259 e. The van der Waals surface area contributed by atoms with Crippen molar-refractivity contribution in [3.63, 3.8) is 0 Å². The number of pyridine rings is 1. The molecule has 0 spiro atoms. The van der Waals surface area contributed by atoms with Gasteiger partial charge in [-0.05, 0) is 36.6 Å². The predicted octanol–water partition coefficient (Wildman–Crippen LogP) is 2.60. The van der Waals surface area contributed by atoms with Crippen molar-refractivity contribution in [1.82, 2.24) is 34.4 Å². The van der Waals surface area contributed by atoms with Crippen LogP contribution in [0.15, 0.2) is 61.7 Å². The van der Waals surface area contributed by atoms with Gasteiger partial charge in [0, 0.05) is 55.6 Å². The molecule has 0 radical (unpaired) electrons. The van der Waals surface area contributed by atoms with Crippen LogP contribution in [0.2, 0.25) is 0 Å². The summed E-state index contributed by atoms with van der Waals surface area (Å²) in [4.78, 5) is 32.1. The fraction of sp³-hybridized carbons (Fsp3) is 0.238. The molecule has 8 heteroatoms. The van der Waals surface area contributed by atoms with Gasteiger partial charge >= 0.3 is 0 Å². The van der Waals surface area contributed by atoms with Crippen LogP contribution in [0.25, 0.3) is 16.8 Å². The molecule has 8 nitrogen and oxygen atoms in total. The summed E-state index contributed by atoms with van der Waals surface area (Å²) in [6, 6.07) is 5.74. The van der Waals surface area contributed by atoms with Crippen LogP contribution in [0.1, 0.15) is 34.8 Å². The van der Waals surface area contributed by atoms with Crippen molar-refractivity contribution in [2.24, 2.45) is 0 Å². The monoisotopic (exact) mass is 385 g/mol. The third-order valence-corrected chi connectivity index (χ3v) is 5.41. The largest absolute Gasteiger partial charge is 0.338 e. The SMILES string of the molecule is O=C(c1cnn2cccnc12)N1CCC(c2ncncc2-c2ccncc2)CC1. The van der Waals surface area contributed by atoms with E-state index < -0.39 is 0 Å². The Morgan fingerprint density at radius 1 is 1.00 bits per heavy atom. The van der Waals surface area contributed by atoms with E-state index in [1.165, 1.54) is 0 Å². The van der Waals surface area contributed by atoms with Crippen molar-refractivity contribution in [3.8, 4) is 11.1 Å². The Bertz CT molecular complexity index is 1150. The summed E-state index contributed by atoms with van der Waals surface area (Å²) in [7, 11) is 0. The third kappa shape index (κ3) is 3.22. The Labute approximate surface area is 167 Å². The number of aromatic nitrogens is 6. The molecule has 1 fully saturated rings. The Kier molecular flexibility index (Phi) is 4.44. The Morgan fingerprint density at radius 3 is 2.66 bits per heavy atom. The molecular formula is C21H19N7O. The predicted molar refractivity (Wildman–Crippen MR) is 106 cm³/mol. The van der Waals surface area contributed by atoms with Gasteiger partial charge in [-0.2, -0.15) is 5.10 Å². The van der Waals surface area contributed by atoms with Crippen LogP contribution in [-0.4, -0.2) is 53.4 Å². The van der Waals surface area contributed by atoms with E-state index in [0.29, 0.717) is 24.3 Å². The zero-order valence-electron chi connectivity index (χ0n) is 15.7. The first-order valence-electron chi connectivity index (χ1n) is 9.59. The molecule has 1 saturated heterocycles. The Balaban J connectivity index is 1.34.